The van der Waals surface area contributed by atoms with Crippen LogP contribution < -0.4 is 10.1 Å². The number of aromatic nitrogens is 4. The van der Waals surface area contributed by atoms with Crippen molar-refractivity contribution >= 4 is 5.91 Å². The van der Waals surface area contributed by atoms with Gasteiger partial charge in [-0.15, -0.1) is 10.2 Å². The molecule has 4 heterocycles. The van der Waals surface area contributed by atoms with E-state index in [9.17, 15) is 4.79 Å². The number of rotatable bonds is 5. The van der Waals surface area contributed by atoms with Gasteiger partial charge in [-0.3, -0.25) is 9.69 Å². The summed E-state index contributed by atoms with van der Waals surface area (Å²) in [5.74, 6) is 2.96. The van der Waals surface area contributed by atoms with Crippen LogP contribution in [0.15, 0.2) is 18.3 Å². The standard InChI is InChI=1S/C19H26N6O2/c1-12(2)21-18(26)17-23-22-16-7-14-9-24(10-15(14)11-25(16)17)8-13-5-4-6-20-19(13)27-3/h4-6,12,14-15H,7-11H2,1-3H3,(H,21,26). The van der Waals surface area contributed by atoms with Crippen LogP contribution in [0.4, 0.5) is 0 Å². The molecular weight excluding hydrogens is 344 g/mol. The highest BCUT2D eigenvalue weighted by atomic mass is 16.5. The number of amides is 1. The third-order valence-electron chi connectivity index (χ3n) is 5.40. The molecule has 1 amide bonds. The lowest BCUT2D eigenvalue weighted by molar-refractivity contribution is 0.0924. The van der Waals surface area contributed by atoms with Gasteiger partial charge in [0.25, 0.3) is 5.91 Å². The zero-order valence-electron chi connectivity index (χ0n) is 16.1. The van der Waals surface area contributed by atoms with E-state index in [0.29, 0.717) is 23.5 Å². The Morgan fingerprint density at radius 2 is 2.11 bits per heavy atom. The van der Waals surface area contributed by atoms with Crippen molar-refractivity contribution < 1.29 is 9.53 Å². The van der Waals surface area contributed by atoms with Crippen LogP contribution in [-0.2, 0) is 19.5 Å². The molecule has 0 bridgehead atoms. The predicted molar refractivity (Wildman–Crippen MR) is 99.4 cm³/mol. The Morgan fingerprint density at radius 3 is 2.89 bits per heavy atom. The van der Waals surface area contributed by atoms with Crippen molar-refractivity contribution in [2.24, 2.45) is 11.8 Å². The van der Waals surface area contributed by atoms with Crippen LogP contribution in [0, 0.1) is 11.8 Å². The number of carbonyl (C=O) groups is 1. The van der Waals surface area contributed by atoms with E-state index in [0.717, 1.165) is 44.0 Å². The van der Waals surface area contributed by atoms with Gasteiger partial charge in [-0.25, -0.2) is 4.98 Å². The topological polar surface area (TPSA) is 85.2 Å². The van der Waals surface area contributed by atoms with Gasteiger partial charge in [0.05, 0.1) is 7.11 Å². The Labute approximate surface area is 158 Å². The first-order valence-electron chi connectivity index (χ1n) is 9.48. The number of ether oxygens (including phenoxy) is 1. The minimum absolute atomic E-state index is 0.0817. The lowest BCUT2D eigenvalue weighted by Gasteiger charge is -2.25. The van der Waals surface area contributed by atoms with E-state index in [1.165, 1.54) is 0 Å². The maximum atomic E-state index is 12.4. The van der Waals surface area contributed by atoms with Gasteiger partial charge in [0.15, 0.2) is 0 Å². The molecule has 1 saturated heterocycles. The second-order valence-electron chi connectivity index (χ2n) is 7.77. The number of methoxy groups -OCH3 is 1. The molecule has 8 heteroatoms. The molecule has 27 heavy (non-hydrogen) atoms. The molecule has 2 atom stereocenters. The van der Waals surface area contributed by atoms with E-state index in [1.807, 2.05) is 24.5 Å². The molecule has 2 aliphatic rings. The monoisotopic (exact) mass is 370 g/mol. The van der Waals surface area contributed by atoms with Crippen molar-refractivity contribution in [3.63, 3.8) is 0 Å². The summed E-state index contributed by atoms with van der Waals surface area (Å²) >= 11 is 0. The number of hydrogen-bond acceptors (Lipinski definition) is 6. The van der Waals surface area contributed by atoms with Crippen LogP contribution in [-0.4, -0.2) is 56.8 Å². The summed E-state index contributed by atoms with van der Waals surface area (Å²) in [6.45, 7) is 7.53. The number of carbonyl (C=O) groups excluding carboxylic acids is 1. The van der Waals surface area contributed by atoms with Crippen LogP contribution in [0.2, 0.25) is 0 Å². The molecule has 2 aromatic heterocycles. The third-order valence-corrected chi connectivity index (χ3v) is 5.40. The number of nitrogens with zero attached hydrogens (tertiary/aromatic N) is 5. The molecule has 0 saturated carbocycles. The number of pyridine rings is 1. The Hall–Kier alpha value is -2.48. The fourth-order valence-electron chi connectivity index (χ4n) is 4.21. The first-order valence-corrected chi connectivity index (χ1v) is 9.48. The van der Waals surface area contributed by atoms with Gasteiger partial charge in [-0.05, 0) is 31.7 Å². The van der Waals surface area contributed by atoms with E-state index >= 15 is 0 Å². The van der Waals surface area contributed by atoms with Crippen molar-refractivity contribution in [3.05, 3.63) is 35.5 Å². The van der Waals surface area contributed by atoms with Gasteiger partial charge < -0.3 is 14.6 Å². The Bertz CT molecular complexity index is 833. The zero-order valence-corrected chi connectivity index (χ0v) is 16.1. The van der Waals surface area contributed by atoms with E-state index in [2.05, 4.69) is 31.5 Å². The highest BCUT2D eigenvalue weighted by molar-refractivity contribution is 5.90. The lowest BCUT2D eigenvalue weighted by atomic mass is 9.89. The minimum atomic E-state index is -0.142. The van der Waals surface area contributed by atoms with Crippen molar-refractivity contribution in [2.75, 3.05) is 20.2 Å². The van der Waals surface area contributed by atoms with E-state index in [1.54, 1.807) is 13.3 Å². The quantitative estimate of drug-likeness (QED) is 0.849. The normalized spacial score (nSPS) is 21.8. The smallest absolute Gasteiger partial charge is 0.289 e. The molecular formula is C19H26N6O2. The van der Waals surface area contributed by atoms with Gasteiger partial charge in [0.2, 0.25) is 11.7 Å². The summed E-state index contributed by atoms with van der Waals surface area (Å²) in [6, 6.07) is 4.09. The van der Waals surface area contributed by atoms with Gasteiger partial charge >= 0.3 is 0 Å². The predicted octanol–water partition coefficient (Wildman–Crippen LogP) is 1.12. The second-order valence-corrected chi connectivity index (χ2v) is 7.77. The van der Waals surface area contributed by atoms with Crippen molar-refractivity contribution in [1.82, 2.24) is 30.0 Å². The fourth-order valence-corrected chi connectivity index (χ4v) is 4.21. The summed E-state index contributed by atoms with van der Waals surface area (Å²) < 4.78 is 7.39. The molecule has 0 aromatic carbocycles. The molecule has 1 N–H and O–H groups in total. The van der Waals surface area contributed by atoms with Gasteiger partial charge in [0, 0.05) is 50.4 Å². The molecule has 2 unspecified atom stereocenters. The maximum Gasteiger partial charge on any atom is 0.289 e. The van der Waals surface area contributed by atoms with Gasteiger partial charge in [-0.1, -0.05) is 6.07 Å². The summed E-state index contributed by atoms with van der Waals surface area (Å²) in [4.78, 5) is 19.1. The summed E-state index contributed by atoms with van der Waals surface area (Å²) in [7, 11) is 1.66. The van der Waals surface area contributed by atoms with E-state index in [4.69, 9.17) is 4.74 Å². The summed E-state index contributed by atoms with van der Waals surface area (Å²) in [5.41, 5.74) is 1.11. The van der Waals surface area contributed by atoms with Crippen LogP contribution in [0.1, 0.15) is 35.9 Å². The van der Waals surface area contributed by atoms with E-state index in [-0.39, 0.29) is 11.9 Å². The average molecular weight is 370 g/mol. The highest BCUT2D eigenvalue weighted by Gasteiger charge is 2.39. The van der Waals surface area contributed by atoms with Gasteiger partial charge in [-0.2, -0.15) is 0 Å². The molecule has 144 valence electrons. The number of nitrogens with one attached hydrogen (secondary N) is 1. The first kappa shape index (κ1) is 17.9. The maximum absolute atomic E-state index is 12.4. The zero-order chi connectivity index (χ0) is 19.0. The van der Waals surface area contributed by atoms with Crippen molar-refractivity contribution in [2.45, 2.75) is 39.4 Å². The SMILES string of the molecule is COc1ncccc1CN1CC2Cc3nnc(C(=O)NC(C)C)n3CC2C1. The van der Waals surface area contributed by atoms with Crippen molar-refractivity contribution in [3.8, 4) is 5.88 Å². The Kier molecular flexibility index (Phi) is 4.82. The molecule has 0 spiro atoms. The van der Waals surface area contributed by atoms with Crippen LogP contribution in [0.5, 0.6) is 5.88 Å². The first-order chi connectivity index (χ1) is 13.0. The summed E-state index contributed by atoms with van der Waals surface area (Å²) in [5, 5.41) is 11.4. The van der Waals surface area contributed by atoms with Crippen LogP contribution in [0.3, 0.4) is 0 Å². The molecule has 1 fully saturated rings. The molecule has 2 aromatic rings. The van der Waals surface area contributed by atoms with Gasteiger partial charge in [0.1, 0.15) is 5.82 Å². The molecule has 0 aliphatic carbocycles. The Balaban J connectivity index is 1.46. The van der Waals surface area contributed by atoms with Crippen LogP contribution in [0.25, 0.3) is 0 Å². The molecule has 0 radical (unpaired) electrons. The molecule has 4 rings (SSSR count). The number of fused-ring (bicyclic) bond motifs is 2. The number of hydrogen-bond donors (Lipinski definition) is 1. The third kappa shape index (κ3) is 3.53. The summed E-state index contributed by atoms with van der Waals surface area (Å²) in [6.07, 6.45) is 2.62. The van der Waals surface area contributed by atoms with Crippen LogP contribution >= 0.6 is 0 Å². The highest BCUT2D eigenvalue weighted by Crippen LogP contribution is 2.33. The molecule has 2 aliphatic heterocycles. The largest absolute Gasteiger partial charge is 0.481 e. The average Bonchev–Trinajstić information content (AvgIpc) is 3.22. The fraction of sp³-hybridized carbons (Fsp3) is 0.579. The lowest BCUT2D eigenvalue weighted by Crippen LogP contribution is -2.35. The molecule has 8 nitrogen and oxygen atoms in total. The van der Waals surface area contributed by atoms with E-state index < -0.39 is 0 Å². The van der Waals surface area contributed by atoms with Crippen molar-refractivity contribution in [1.29, 1.82) is 0 Å². The Morgan fingerprint density at radius 1 is 1.30 bits per heavy atom. The number of likely N-dealkylation sites (tertiary alicyclic amines) is 1. The minimum Gasteiger partial charge on any atom is -0.481 e. The second kappa shape index (κ2) is 7.26.